The highest BCUT2D eigenvalue weighted by Gasteiger charge is 2.40. The van der Waals surface area contributed by atoms with Crippen LogP contribution in [0.15, 0.2) is 111 Å². The summed E-state index contributed by atoms with van der Waals surface area (Å²) in [4.78, 5) is 14.1. The molecule has 0 N–H and O–H groups in total. The molecule has 2 aromatic carbocycles. The monoisotopic (exact) mass is 633 g/mol. The lowest BCUT2D eigenvalue weighted by Gasteiger charge is -2.30. The molecule has 6 nitrogen and oxygen atoms in total. The number of carbonyl (C=O) groups excluding carboxylic acids is 1. The predicted molar refractivity (Wildman–Crippen MR) is 188 cm³/mol. The highest BCUT2D eigenvalue weighted by atomic mass is 16.5. The number of benzene rings is 2. The molecule has 1 aliphatic heterocycles. The topological polar surface area (TPSA) is 65.3 Å². The maximum atomic E-state index is 14.1. The van der Waals surface area contributed by atoms with Gasteiger partial charge in [0.15, 0.2) is 0 Å². The maximum absolute atomic E-state index is 14.1. The van der Waals surface area contributed by atoms with Crippen molar-refractivity contribution in [3.05, 3.63) is 124 Å². The van der Waals surface area contributed by atoms with Crippen LogP contribution in [0.3, 0.4) is 0 Å². The molecule has 0 saturated heterocycles. The molecule has 0 unspecified atom stereocenters. The van der Waals surface area contributed by atoms with Gasteiger partial charge in [-0.25, -0.2) is 4.42 Å². The van der Waals surface area contributed by atoms with Gasteiger partial charge in [-0.1, -0.05) is 20.8 Å². The van der Waals surface area contributed by atoms with Crippen molar-refractivity contribution in [2.45, 2.75) is 60.8 Å². The third-order valence-electron chi connectivity index (χ3n) is 8.54. The molecular weight excluding hydrogens is 588 g/mol. The van der Waals surface area contributed by atoms with Crippen LogP contribution in [0.1, 0.15) is 72.3 Å². The van der Waals surface area contributed by atoms with Crippen molar-refractivity contribution in [3.63, 3.8) is 0 Å². The zero-order chi connectivity index (χ0) is 34.3. The first kappa shape index (κ1) is 33.5. The number of hydrogen-bond acceptors (Lipinski definition) is 5. The molecule has 1 aliphatic carbocycles. The highest BCUT2D eigenvalue weighted by molar-refractivity contribution is 6.25. The molecule has 0 radical (unpaired) electrons. The van der Waals surface area contributed by atoms with E-state index in [0.717, 1.165) is 56.4 Å². The van der Waals surface area contributed by atoms with Crippen LogP contribution in [-0.4, -0.2) is 27.1 Å². The number of allylic oxidation sites excluding steroid dienone is 8. The Labute approximate surface area is 278 Å². The van der Waals surface area contributed by atoms with Crippen molar-refractivity contribution in [1.29, 1.82) is 0 Å². The second kappa shape index (κ2) is 12.7. The normalized spacial score (nSPS) is 17.3. The number of carbonyl (C=O) groups is 1. The lowest BCUT2D eigenvalue weighted by molar-refractivity contribution is -0.113. The average molecular weight is 634 g/mol. The third-order valence-corrected chi connectivity index (χ3v) is 8.54. The van der Waals surface area contributed by atoms with Gasteiger partial charge in [-0.05, 0) is 118 Å². The van der Waals surface area contributed by atoms with Crippen molar-refractivity contribution in [2.75, 3.05) is 21.3 Å². The molecule has 0 amide bonds. The molecule has 5 rings (SSSR count). The van der Waals surface area contributed by atoms with Crippen LogP contribution >= 0.6 is 0 Å². The van der Waals surface area contributed by atoms with Crippen LogP contribution < -0.4 is 9.47 Å². The van der Waals surface area contributed by atoms with E-state index in [-0.39, 0.29) is 16.6 Å². The van der Waals surface area contributed by atoms with E-state index in [2.05, 4.69) is 41.5 Å². The Bertz CT molecular complexity index is 1870. The van der Waals surface area contributed by atoms with E-state index in [9.17, 15) is 4.79 Å². The summed E-state index contributed by atoms with van der Waals surface area (Å²) < 4.78 is 29.5. The van der Waals surface area contributed by atoms with Crippen LogP contribution in [0.4, 0.5) is 0 Å². The van der Waals surface area contributed by atoms with Gasteiger partial charge in [0.25, 0.3) is 0 Å². The molecular formula is C41H45O6+. The Morgan fingerprint density at radius 1 is 0.702 bits per heavy atom. The summed E-state index contributed by atoms with van der Waals surface area (Å²) >= 11 is 0. The van der Waals surface area contributed by atoms with Gasteiger partial charge in [0.2, 0.25) is 5.78 Å². The van der Waals surface area contributed by atoms with Gasteiger partial charge in [-0.15, -0.1) is 0 Å². The molecule has 0 fully saturated rings. The first-order valence-electron chi connectivity index (χ1n) is 15.8. The predicted octanol–water partition coefficient (Wildman–Crippen LogP) is 10.1. The van der Waals surface area contributed by atoms with Crippen LogP contribution in [0.2, 0.25) is 0 Å². The van der Waals surface area contributed by atoms with E-state index in [0.29, 0.717) is 28.4 Å². The smallest absolute Gasteiger partial charge is 0.360 e. The van der Waals surface area contributed by atoms with Crippen LogP contribution in [0, 0.1) is 5.41 Å². The minimum atomic E-state index is -0.258. The van der Waals surface area contributed by atoms with Gasteiger partial charge in [-0.2, -0.15) is 0 Å². The second-order valence-corrected chi connectivity index (χ2v) is 14.0. The van der Waals surface area contributed by atoms with E-state index >= 15 is 0 Å². The van der Waals surface area contributed by atoms with E-state index in [1.54, 1.807) is 21.3 Å². The molecule has 0 saturated carbocycles. The van der Waals surface area contributed by atoms with Crippen LogP contribution in [0.5, 0.6) is 11.5 Å². The van der Waals surface area contributed by atoms with Crippen molar-refractivity contribution in [1.82, 2.24) is 0 Å². The van der Waals surface area contributed by atoms with Crippen molar-refractivity contribution in [2.24, 2.45) is 5.41 Å². The molecule has 6 heteroatoms. The zero-order valence-corrected chi connectivity index (χ0v) is 29.4. The number of hydrogen-bond donors (Lipinski definition) is 0. The fourth-order valence-corrected chi connectivity index (χ4v) is 5.54. The summed E-state index contributed by atoms with van der Waals surface area (Å²) in [7, 11) is 4.91. The molecule has 0 spiro atoms. The average Bonchev–Trinajstić information content (AvgIpc) is 3.05. The second-order valence-electron chi connectivity index (χ2n) is 14.0. The molecule has 0 bridgehead atoms. The standard InChI is InChI=1S/C41H45O6/c1-24(28-20-32(46-34(22-28)40(3,4)5)26-12-16-30(43-9)17-13-26)36-38(42)37(39(36)45-11)25(2)29-21-33(47-35(23-29)41(6,7)8)27-14-18-31(44-10)19-15-27/h12-23H,1-11H3/q+1. The first-order valence-corrected chi connectivity index (χ1v) is 15.8. The molecule has 0 atom stereocenters. The Kier molecular flexibility index (Phi) is 9.09. The Balaban J connectivity index is 1.64. The molecule has 2 heterocycles. The number of rotatable bonds is 7. The van der Waals surface area contributed by atoms with Crippen LogP contribution in [-0.2, 0) is 19.7 Å². The fourth-order valence-electron chi connectivity index (χ4n) is 5.54. The van der Waals surface area contributed by atoms with E-state index in [1.165, 1.54) is 0 Å². The van der Waals surface area contributed by atoms with Gasteiger partial charge < -0.3 is 18.9 Å². The van der Waals surface area contributed by atoms with Crippen molar-refractivity contribution in [3.8, 4) is 22.8 Å². The summed E-state index contributed by atoms with van der Waals surface area (Å²) in [5, 5.41) is 0. The summed E-state index contributed by atoms with van der Waals surface area (Å²) in [5.41, 5.74) is 5.92. The summed E-state index contributed by atoms with van der Waals surface area (Å²) in [6.07, 6.45) is 4.02. The largest absolute Gasteiger partial charge is 0.497 e. The van der Waals surface area contributed by atoms with E-state index in [1.807, 2.05) is 86.7 Å². The first-order chi connectivity index (χ1) is 22.2. The lowest BCUT2D eigenvalue weighted by Crippen LogP contribution is -2.26. The number of ether oxygens (including phenoxy) is 4. The van der Waals surface area contributed by atoms with E-state index < -0.39 is 0 Å². The van der Waals surface area contributed by atoms with Crippen molar-refractivity contribution < 1.29 is 28.2 Å². The lowest BCUT2D eigenvalue weighted by atomic mass is 9.77. The summed E-state index contributed by atoms with van der Waals surface area (Å²) in [5.74, 6) is 5.11. The molecule has 1 aromatic heterocycles. The summed E-state index contributed by atoms with van der Waals surface area (Å²) in [6.45, 7) is 16.6. The fraction of sp³-hybridized carbons (Fsp3) is 0.317. The Morgan fingerprint density at radius 2 is 1.28 bits per heavy atom. The minimum absolute atomic E-state index is 0.0509. The van der Waals surface area contributed by atoms with Gasteiger partial charge in [-0.3, -0.25) is 4.79 Å². The molecule has 3 aromatic rings. The summed E-state index contributed by atoms with van der Waals surface area (Å²) in [6, 6.07) is 19.5. The Morgan fingerprint density at radius 3 is 1.79 bits per heavy atom. The zero-order valence-electron chi connectivity index (χ0n) is 29.4. The molecule has 47 heavy (non-hydrogen) atoms. The third kappa shape index (κ3) is 6.69. The Hall–Kier alpha value is -4.84. The molecule has 244 valence electrons. The van der Waals surface area contributed by atoms with Gasteiger partial charge >= 0.3 is 11.5 Å². The maximum Gasteiger partial charge on any atom is 0.360 e. The van der Waals surface area contributed by atoms with E-state index in [4.69, 9.17) is 23.4 Å². The number of ketones is 1. The quantitative estimate of drug-likeness (QED) is 0.191. The van der Waals surface area contributed by atoms with Crippen LogP contribution in [0.25, 0.3) is 22.7 Å². The molecule has 2 aliphatic rings. The number of methoxy groups -OCH3 is 3. The van der Waals surface area contributed by atoms with Gasteiger partial charge in [0, 0.05) is 17.0 Å². The van der Waals surface area contributed by atoms with Crippen molar-refractivity contribution >= 4 is 17.1 Å². The SMILES string of the molecule is COC1=C(C(C)=C2C=C(c3ccc(OC)cc3)OC(C(C)(C)C)=C2)C(=O)C1=C(C)c1cc(-c2ccc(OC)cc2)[o+]c(C(C)(C)C)c1. The minimum Gasteiger partial charge on any atom is -0.497 e. The highest BCUT2D eigenvalue weighted by Crippen LogP contribution is 2.44. The van der Waals surface area contributed by atoms with Gasteiger partial charge in [0.1, 0.15) is 28.8 Å². The van der Waals surface area contributed by atoms with Gasteiger partial charge in [0.05, 0.1) is 49.5 Å². The number of Topliss-reactive ketones (excluding diaryl/α,β-unsaturated/α-hetero) is 1.